The molecular weight excluding hydrogens is 921 g/mol. The number of ether oxygens (including phenoxy) is 6. The molecule has 2 bridgehead atoms. The molecule has 3 aliphatic carbocycles. The first kappa shape index (κ1) is 52.1. The maximum Gasteiger partial charge on any atom is 0.410 e. The molecule has 69 heavy (non-hydrogen) atoms. The highest BCUT2D eigenvalue weighted by molar-refractivity contribution is 8.76. The number of fused-ring (bicyclic) bond motifs is 5. The molecular formula is C53H66N2O12S2. The van der Waals surface area contributed by atoms with Crippen LogP contribution in [-0.4, -0.2) is 119 Å². The third kappa shape index (κ3) is 9.85. The molecule has 1 aliphatic heterocycles. The van der Waals surface area contributed by atoms with Gasteiger partial charge in [-0.1, -0.05) is 106 Å². The Morgan fingerprint density at radius 3 is 2.26 bits per heavy atom. The van der Waals surface area contributed by atoms with Crippen LogP contribution >= 0.6 is 21.6 Å². The lowest BCUT2D eigenvalue weighted by atomic mass is 9.43. The topological polar surface area (TPSA) is 177 Å². The van der Waals surface area contributed by atoms with Gasteiger partial charge in [-0.05, 0) is 72.0 Å². The smallest absolute Gasteiger partial charge is 0.410 e. The van der Waals surface area contributed by atoms with Crippen LogP contribution in [0.1, 0.15) is 103 Å². The minimum atomic E-state index is -2.11. The van der Waals surface area contributed by atoms with E-state index in [2.05, 4.69) is 4.98 Å². The number of amides is 1. The number of Topliss-reactive ketones (excluding diaryl/α,β-unsaturated/α-hetero) is 1. The van der Waals surface area contributed by atoms with E-state index < -0.39 is 94.3 Å². The Hall–Kier alpha value is -4.74. The van der Waals surface area contributed by atoms with E-state index in [0.717, 1.165) is 17.0 Å². The number of esters is 3. The van der Waals surface area contributed by atoms with Crippen LogP contribution in [0.5, 0.6) is 0 Å². The highest BCUT2D eigenvalue weighted by atomic mass is 33.1. The van der Waals surface area contributed by atoms with Crippen LogP contribution in [0.15, 0.2) is 101 Å². The first-order valence-electron chi connectivity index (χ1n) is 23.8. The lowest BCUT2D eigenvalue weighted by molar-refractivity contribution is -0.346. The van der Waals surface area contributed by atoms with Crippen LogP contribution in [0.25, 0.3) is 0 Å². The number of carbonyl (C=O) groups is 5. The van der Waals surface area contributed by atoms with E-state index in [4.69, 9.17) is 28.4 Å². The van der Waals surface area contributed by atoms with Crippen LogP contribution in [-0.2, 0) is 42.8 Å². The average Bonchev–Trinajstić information content (AvgIpc) is 3.33. The van der Waals surface area contributed by atoms with Crippen molar-refractivity contribution in [3.63, 3.8) is 0 Å². The molecule has 372 valence electrons. The van der Waals surface area contributed by atoms with Crippen LogP contribution in [0.2, 0.25) is 0 Å². The van der Waals surface area contributed by atoms with Gasteiger partial charge in [0.25, 0.3) is 0 Å². The predicted molar refractivity (Wildman–Crippen MR) is 261 cm³/mol. The minimum Gasteiger partial charge on any atom is -0.455 e. The third-order valence-corrected chi connectivity index (χ3v) is 17.5. The van der Waals surface area contributed by atoms with Crippen molar-refractivity contribution < 1.29 is 57.5 Å². The Kier molecular flexibility index (Phi) is 16.1. The van der Waals surface area contributed by atoms with Gasteiger partial charge in [0.2, 0.25) is 6.10 Å². The van der Waals surface area contributed by atoms with Crippen LogP contribution in [0.3, 0.4) is 0 Å². The molecule has 16 heteroatoms. The second kappa shape index (κ2) is 21.3. The maximum atomic E-state index is 15.7. The number of unbranched alkanes of at least 4 members (excludes halogenated alkanes) is 1. The summed E-state index contributed by atoms with van der Waals surface area (Å²) in [5, 5.41) is 14.8. The van der Waals surface area contributed by atoms with Crippen molar-refractivity contribution in [3.8, 4) is 0 Å². The summed E-state index contributed by atoms with van der Waals surface area (Å²) in [6.07, 6.45) is -3.34. The molecule has 14 nitrogen and oxygen atoms in total. The number of ketones is 1. The molecule has 0 radical (unpaired) electrons. The summed E-state index contributed by atoms with van der Waals surface area (Å²) in [7, 11) is 4.56. The monoisotopic (exact) mass is 986 g/mol. The summed E-state index contributed by atoms with van der Waals surface area (Å²) in [4.78, 5) is 78.6. The molecule has 0 unspecified atom stereocenters. The van der Waals surface area contributed by atoms with Gasteiger partial charge < -0.3 is 38.4 Å². The van der Waals surface area contributed by atoms with Gasteiger partial charge in [-0.15, -0.1) is 0 Å². The van der Waals surface area contributed by atoms with Gasteiger partial charge in [0.15, 0.2) is 5.60 Å². The Bertz CT molecular complexity index is 2370. The molecule has 1 saturated heterocycles. The summed E-state index contributed by atoms with van der Waals surface area (Å²) in [5.41, 5.74) is -4.54. The molecule has 1 amide bonds. The Labute approximate surface area is 413 Å². The number of hydrogen-bond donors (Lipinski definition) is 1. The number of carbonyl (C=O) groups excluding carboxylic acids is 5. The normalized spacial score (nSPS) is 29.9. The Morgan fingerprint density at radius 2 is 1.65 bits per heavy atom. The first-order chi connectivity index (χ1) is 32.8. The fraction of sp³-hybridized carbons (Fsp3) is 0.547. The largest absolute Gasteiger partial charge is 0.455 e. The van der Waals surface area contributed by atoms with Crippen molar-refractivity contribution in [1.29, 1.82) is 0 Å². The number of rotatable bonds is 17. The fourth-order valence-electron chi connectivity index (χ4n) is 11.6. The number of aromatic nitrogens is 1. The van der Waals surface area contributed by atoms with Gasteiger partial charge in [0, 0.05) is 69.2 Å². The summed E-state index contributed by atoms with van der Waals surface area (Å²) in [6.45, 7) is 14.6. The molecule has 4 aliphatic rings. The zero-order chi connectivity index (χ0) is 49.9. The Morgan fingerprint density at radius 1 is 0.971 bits per heavy atom. The molecule has 2 aromatic carbocycles. The third-order valence-electron chi connectivity index (χ3n) is 15.2. The van der Waals surface area contributed by atoms with Crippen molar-refractivity contribution >= 4 is 51.4 Å². The van der Waals surface area contributed by atoms with Gasteiger partial charge in [-0.3, -0.25) is 9.59 Å². The van der Waals surface area contributed by atoms with Crippen molar-refractivity contribution in [2.75, 3.05) is 32.6 Å². The zero-order valence-corrected chi connectivity index (χ0v) is 42.6. The van der Waals surface area contributed by atoms with Crippen molar-refractivity contribution in [1.82, 2.24) is 9.88 Å². The number of aliphatic hydroxyl groups is 1. The van der Waals surface area contributed by atoms with E-state index in [1.54, 1.807) is 93.8 Å². The molecule has 2 saturated carbocycles. The maximum absolute atomic E-state index is 15.7. The number of methoxy groups -OCH3 is 1. The fourth-order valence-corrected chi connectivity index (χ4v) is 13.4. The molecule has 0 spiro atoms. The molecule has 11 atom stereocenters. The van der Waals surface area contributed by atoms with E-state index in [9.17, 15) is 19.5 Å². The van der Waals surface area contributed by atoms with Gasteiger partial charge in [-0.25, -0.2) is 19.4 Å². The number of benzene rings is 2. The predicted octanol–water partition coefficient (Wildman–Crippen LogP) is 8.81. The minimum absolute atomic E-state index is 0.132. The molecule has 1 N–H and O–H groups in total. The van der Waals surface area contributed by atoms with Gasteiger partial charge in [0.05, 0.1) is 29.6 Å². The average molecular weight is 987 g/mol. The number of pyridine rings is 1. The number of nitrogens with zero attached hydrogens (tertiary/aromatic N) is 2. The molecule has 3 fully saturated rings. The molecule has 7 rings (SSSR count). The summed E-state index contributed by atoms with van der Waals surface area (Å²) in [5.74, 6) is -4.81. The van der Waals surface area contributed by atoms with Gasteiger partial charge in [-0.2, -0.15) is 0 Å². The zero-order valence-electron chi connectivity index (χ0n) is 41.0. The second-order valence-electron chi connectivity index (χ2n) is 19.5. The molecule has 2 heterocycles. The van der Waals surface area contributed by atoms with E-state index >= 15 is 9.59 Å². The van der Waals surface area contributed by atoms with E-state index in [-0.39, 0.29) is 30.8 Å². The van der Waals surface area contributed by atoms with E-state index in [1.807, 2.05) is 55.5 Å². The van der Waals surface area contributed by atoms with Crippen LogP contribution in [0, 0.1) is 22.7 Å². The SMILES string of the molecule is CCCCN(CCSSc1ccccn1)C(=O)O[C@@H](C(=O)O[C@H]1C[C@@]2(O)[C@@H](OC(=O)c3ccccc3)[C@@H]3[C@]4(OC(C)=O)CO[C@@H]4C[C@H](OC)[C@@]3(C)C(=O)[C@H](C)C(=C1C)C2(C)C)[C@@H](C)c1ccccc1. The Balaban J connectivity index is 1.29. The van der Waals surface area contributed by atoms with Crippen LogP contribution in [0.4, 0.5) is 4.79 Å². The first-order valence-corrected chi connectivity index (χ1v) is 26.2. The molecule has 3 aromatic rings. The highest BCUT2D eigenvalue weighted by Crippen LogP contribution is 2.65. The van der Waals surface area contributed by atoms with E-state index in [1.165, 1.54) is 24.8 Å². The number of hydrogen-bond acceptors (Lipinski definition) is 15. The van der Waals surface area contributed by atoms with Crippen LogP contribution < -0.4 is 0 Å². The van der Waals surface area contributed by atoms with Gasteiger partial charge in [0.1, 0.15) is 34.7 Å². The standard InChI is InChI=1S/C53H66N2O12S2/c1-10-11-26-55(27-28-68-69-41-24-18-19-25-54-41)49(60)65-43(32(2)36-20-14-12-15-21-36)48(59)64-38-30-53(61)46(66-47(58)37-22-16-13-17-23-37)44-51(8,45(57)34(4)42(33(38)3)50(53,6)7)39(62-9)29-40-52(44,31-63-40)67-35(5)56/h12-25,32,34,38-40,43-44,46,61H,10-11,26-31H2,1-9H3/t32-,34+,38-,39-,40+,43+,44-,46-,51+,52-,53+/m0/s1. The summed E-state index contributed by atoms with van der Waals surface area (Å²) >= 11 is 0. The summed E-state index contributed by atoms with van der Waals surface area (Å²) in [6, 6.07) is 23.2. The summed E-state index contributed by atoms with van der Waals surface area (Å²) < 4.78 is 37.9. The van der Waals surface area contributed by atoms with E-state index in [0.29, 0.717) is 36.4 Å². The quantitative estimate of drug-likeness (QED) is 0.0446. The van der Waals surface area contributed by atoms with Crippen molar-refractivity contribution in [3.05, 3.63) is 107 Å². The highest BCUT2D eigenvalue weighted by Gasteiger charge is 2.78. The van der Waals surface area contributed by atoms with Crippen molar-refractivity contribution in [2.24, 2.45) is 22.7 Å². The molecule has 1 aromatic heterocycles. The second-order valence-corrected chi connectivity index (χ2v) is 22.0. The lowest BCUT2D eigenvalue weighted by Crippen LogP contribution is -2.81. The van der Waals surface area contributed by atoms with Gasteiger partial charge >= 0.3 is 24.0 Å². The van der Waals surface area contributed by atoms with Crippen molar-refractivity contribution in [2.45, 2.75) is 134 Å². The lowest BCUT2D eigenvalue weighted by Gasteiger charge is -2.68.